The van der Waals surface area contributed by atoms with Crippen LogP contribution in [-0.2, 0) is 9.59 Å². The number of carbonyl (C=O) groups excluding carboxylic acids is 2. The summed E-state index contributed by atoms with van der Waals surface area (Å²) >= 11 is 0. The Bertz CT molecular complexity index is 92.3. The fraction of sp³-hybridized carbons (Fsp3) is 0.750. The van der Waals surface area contributed by atoms with E-state index in [1.54, 1.807) is 0 Å². The van der Waals surface area contributed by atoms with Gasteiger partial charge in [-0.2, -0.15) is 0 Å². The molecule has 0 aromatic rings. The third kappa shape index (κ3) is 9.30. The standard InChI is InChI=1S/C8H15NO2/c10-7-3-1-2-5-9-6-4-8-11/h7-9H,1-6H2. The fourth-order valence-corrected chi connectivity index (χ4v) is 0.764. The second kappa shape index (κ2) is 9.30. The molecule has 1 N–H and O–H groups in total. The zero-order valence-corrected chi connectivity index (χ0v) is 6.71. The van der Waals surface area contributed by atoms with Gasteiger partial charge in [-0.15, -0.1) is 0 Å². The average molecular weight is 157 g/mol. The number of carbonyl (C=O) groups is 2. The molecule has 0 atom stereocenters. The van der Waals surface area contributed by atoms with Crippen molar-refractivity contribution in [3.05, 3.63) is 0 Å². The van der Waals surface area contributed by atoms with E-state index in [0.717, 1.165) is 38.5 Å². The summed E-state index contributed by atoms with van der Waals surface area (Å²) < 4.78 is 0. The predicted octanol–water partition coefficient (Wildman–Crippen LogP) is 0.534. The SMILES string of the molecule is O=CCCCCNCCC=O. The highest BCUT2D eigenvalue weighted by Crippen LogP contribution is 1.89. The van der Waals surface area contributed by atoms with Gasteiger partial charge in [0.2, 0.25) is 0 Å². The summed E-state index contributed by atoms with van der Waals surface area (Å²) in [5, 5.41) is 3.10. The highest BCUT2D eigenvalue weighted by Gasteiger charge is 1.87. The molecule has 0 fully saturated rings. The van der Waals surface area contributed by atoms with Crippen LogP contribution in [0.25, 0.3) is 0 Å². The van der Waals surface area contributed by atoms with Crippen molar-refractivity contribution < 1.29 is 9.59 Å². The van der Waals surface area contributed by atoms with Crippen molar-refractivity contribution in [2.24, 2.45) is 0 Å². The van der Waals surface area contributed by atoms with Crippen LogP contribution in [0.1, 0.15) is 25.7 Å². The molecule has 0 aliphatic rings. The van der Waals surface area contributed by atoms with E-state index in [1.165, 1.54) is 0 Å². The first-order valence-corrected chi connectivity index (χ1v) is 4.00. The van der Waals surface area contributed by atoms with Crippen LogP contribution in [0.2, 0.25) is 0 Å². The molecule has 3 nitrogen and oxygen atoms in total. The van der Waals surface area contributed by atoms with E-state index < -0.39 is 0 Å². The molecule has 0 unspecified atom stereocenters. The van der Waals surface area contributed by atoms with E-state index in [1.807, 2.05) is 0 Å². The molecule has 0 radical (unpaired) electrons. The van der Waals surface area contributed by atoms with E-state index in [9.17, 15) is 9.59 Å². The van der Waals surface area contributed by atoms with Crippen molar-refractivity contribution in [3.63, 3.8) is 0 Å². The lowest BCUT2D eigenvalue weighted by atomic mass is 10.2. The van der Waals surface area contributed by atoms with E-state index in [4.69, 9.17) is 0 Å². The Morgan fingerprint density at radius 1 is 0.909 bits per heavy atom. The quantitative estimate of drug-likeness (QED) is 0.413. The zero-order chi connectivity index (χ0) is 8.36. The summed E-state index contributed by atoms with van der Waals surface area (Å²) in [6, 6.07) is 0. The third-order valence-electron chi connectivity index (χ3n) is 1.36. The van der Waals surface area contributed by atoms with Gasteiger partial charge >= 0.3 is 0 Å². The van der Waals surface area contributed by atoms with Gasteiger partial charge in [0, 0.05) is 19.4 Å². The lowest BCUT2D eigenvalue weighted by molar-refractivity contribution is -0.108. The smallest absolute Gasteiger partial charge is 0.121 e. The number of nitrogens with one attached hydrogen (secondary N) is 1. The van der Waals surface area contributed by atoms with E-state index in [0.29, 0.717) is 12.8 Å². The minimum Gasteiger partial charge on any atom is -0.316 e. The second-order valence-corrected chi connectivity index (χ2v) is 2.37. The molecule has 11 heavy (non-hydrogen) atoms. The van der Waals surface area contributed by atoms with Gasteiger partial charge < -0.3 is 14.9 Å². The molecule has 0 saturated carbocycles. The van der Waals surface area contributed by atoms with Crippen molar-refractivity contribution in [3.8, 4) is 0 Å². The lowest BCUT2D eigenvalue weighted by Gasteiger charge is -1.99. The Kier molecular flexibility index (Phi) is 8.71. The molecule has 0 saturated heterocycles. The van der Waals surface area contributed by atoms with Crippen LogP contribution >= 0.6 is 0 Å². The van der Waals surface area contributed by atoms with Crippen LogP contribution in [0.4, 0.5) is 0 Å². The molecular weight excluding hydrogens is 142 g/mol. The highest BCUT2D eigenvalue weighted by atomic mass is 16.1. The van der Waals surface area contributed by atoms with Gasteiger partial charge in [-0.1, -0.05) is 0 Å². The largest absolute Gasteiger partial charge is 0.316 e. The summed E-state index contributed by atoms with van der Waals surface area (Å²) in [5.74, 6) is 0. The number of unbranched alkanes of at least 4 members (excludes halogenated alkanes) is 2. The van der Waals surface area contributed by atoms with Gasteiger partial charge in [0.1, 0.15) is 12.6 Å². The molecule has 0 spiro atoms. The molecule has 0 aromatic carbocycles. The summed E-state index contributed by atoms with van der Waals surface area (Å²) in [4.78, 5) is 19.7. The second-order valence-electron chi connectivity index (χ2n) is 2.37. The number of hydrogen-bond acceptors (Lipinski definition) is 3. The van der Waals surface area contributed by atoms with Gasteiger partial charge in [0.25, 0.3) is 0 Å². The fourth-order valence-electron chi connectivity index (χ4n) is 0.764. The first kappa shape index (κ1) is 10.3. The van der Waals surface area contributed by atoms with Crippen molar-refractivity contribution in [1.29, 1.82) is 0 Å². The molecule has 0 bridgehead atoms. The molecule has 0 amide bonds. The average Bonchev–Trinajstić information content (AvgIpc) is 2.03. The van der Waals surface area contributed by atoms with Crippen LogP contribution in [0.15, 0.2) is 0 Å². The van der Waals surface area contributed by atoms with E-state index in [2.05, 4.69) is 5.32 Å². The Labute approximate surface area is 67.2 Å². The monoisotopic (exact) mass is 157 g/mol. The van der Waals surface area contributed by atoms with Gasteiger partial charge in [-0.05, 0) is 19.4 Å². The molecular formula is C8H15NO2. The van der Waals surface area contributed by atoms with Gasteiger partial charge in [-0.25, -0.2) is 0 Å². The van der Waals surface area contributed by atoms with E-state index >= 15 is 0 Å². The van der Waals surface area contributed by atoms with Crippen LogP contribution in [0.3, 0.4) is 0 Å². The molecule has 0 aliphatic carbocycles. The van der Waals surface area contributed by atoms with Crippen molar-refractivity contribution in [2.45, 2.75) is 25.7 Å². The molecule has 0 rings (SSSR count). The topological polar surface area (TPSA) is 46.2 Å². The number of hydrogen-bond donors (Lipinski definition) is 1. The Balaban J connectivity index is 2.79. The maximum absolute atomic E-state index is 9.87. The summed E-state index contributed by atoms with van der Waals surface area (Å²) in [6.07, 6.45) is 5.02. The first-order chi connectivity index (χ1) is 5.41. The van der Waals surface area contributed by atoms with Gasteiger partial charge in [0.05, 0.1) is 0 Å². The van der Waals surface area contributed by atoms with Crippen LogP contribution in [0.5, 0.6) is 0 Å². The Hall–Kier alpha value is -0.700. The third-order valence-corrected chi connectivity index (χ3v) is 1.36. The lowest BCUT2D eigenvalue weighted by Crippen LogP contribution is -2.16. The van der Waals surface area contributed by atoms with Gasteiger partial charge in [-0.3, -0.25) is 0 Å². The number of aldehydes is 2. The highest BCUT2D eigenvalue weighted by molar-refractivity contribution is 5.49. The van der Waals surface area contributed by atoms with Crippen molar-refractivity contribution in [2.75, 3.05) is 13.1 Å². The van der Waals surface area contributed by atoms with Crippen LogP contribution < -0.4 is 5.32 Å². The maximum atomic E-state index is 9.87. The molecule has 0 aliphatic heterocycles. The van der Waals surface area contributed by atoms with E-state index in [-0.39, 0.29) is 0 Å². The molecule has 64 valence electrons. The molecule has 0 heterocycles. The number of rotatable bonds is 8. The summed E-state index contributed by atoms with van der Waals surface area (Å²) in [7, 11) is 0. The van der Waals surface area contributed by atoms with Crippen LogP contribution in [-0.4, -0.2) is 25.7 Å². The van der Waals surface area contributed by atoms with Crippen molar-refractivity contribution in [1.82, 2.24) is 5.32 Å². The minimum absolute atomic E-state index is 0.577. The molecule has 3 heteroatoms. The minimum atomic E-state index is 0.577. The summed E-state index contributed by atoms with van der Waals surface area (Å²) in [5.41, 5.74) is 0. The molecule has 0 aromatic heterocycles. The Morgan fingerprint density at radius 2 is 1.64 bits per heavy atom. The normalized spacial score (nSPS) is 9.45. The zero-order valence-electron chi connectivity index (χ0n) is 6.71. The maximum Gasteiger partial charge on any atom is 0.121 e. The predicted molar refractivity (Wildman–Crippen MR) is 43.5 cm³/mol. The van der Waals surface area contributed by atoms with Crippen molar-refractivity contribution >= 4 is 12.6 Å². The Morgan fingerprint density at radius 3 is 2.27 bits per heavy atom. The first-order valence-electron chi connectivity index (χ1n) is 4.00. The summed E-state index contributed by atoms with van der Waals surface area (Å²) in [6.45, 7) is 1.66. The van der Waals surface area contributed by atoms with Crippen LogP contribution in [0, 0.1) is 0 Å². The van der Waals surface area contributed by atoms with Gasteiger partial charge in [0.15, 0.2) is 0 Å².